The molecule has 11 heavy (non-hydrogen) atoms. The molecule has 1 heterocycles. The number of rotatable bonds is 0. The highest BCUT2D eigenvalue weighted by atomic mass is 35.5. The first-order chi connectivity index (χ1) is 4.93. The Hall–Kier alpha value is -0.500. The fourth-order valence-electron chi connectivity index (χ4n) is 0.968. The van der Waals surface area contributed by atoms with Crippen molar-refractivity contribution < 1.29 is 8.81 Å². The lowest BCUT2D eigenvalue weighted by Gasteiger charge is -2.16. The van der Waals surface area contributed by atoms with Crippen molar-refractivity contribution in [1.29, 1.82) is 0 Å². The summed E-state index contributed by atoms with van der Waals surface area (Å²) >= 11 is 5.62. The Bertz CT molecular complexity index is 240. The first-order valence-electron chi connectivity index (χ1n) is 3.36. The maximum atomic E-state index is 12.9. The zero-order valence-corrected chi connectivity index (χ0v) is 7.50. The summed E-state index contributed by atoms with van der Waals surface area (Å²) in [4.78, 5) is 0. The summed E-state index contributed by atoms with van der Waals surface area (Å²) in [6.45, 7) is 5.65. The molecule has 0 bridgehead atoms. The van der Waals surface area contributed by atoms with Crippen LogP contribution in [0.15, 0.2) is 10.7 Å². The minimum atomic E-state index is -0.373. The second-order valence-corrected chi connectivity index (χ2v) is 3.83. The monoisotopic (exact) mass is 176 g/mol. The first kappa shape index (κ1) is 8.60. The molecule has 0 N–H and O–H groups in total. The van der Waals surface area contributed by atoms with E-state index < -0.39 is 0 Å². The third kappa shape index (κ3) is 1.56. The Morgan fingerprint density at radius 1 is 1.45 bits per heavy atom. The van der Waals surface area contributed by atoms with E-state index in [9.17, 15) is 4.39 Å². The van der Waals surface area contributed by atoms with Crippen molar-refractivity contribution in [3.63, 3.8) is 0 Å². The summed E-state index contributed by atoms with van der Waals surface area (Å²) in [6.07, 6.45) is 1.03. The fraction of sp³-hybridized carbons (Fsp3) is 0.500. The van der Waals surface area contributed by atoms with Crippen LogP contribution in [0.25, 0.3) is 0 Å². The quantitative estimate of drug-likeness (QED) is 0.591. The highest BCUT2D eigenvalue weighted by Gasteiger charge is 2.24. The molecule has 3 heteroatoms. The topological polar surface area (TPSA) is 13.1 Å². The molecule has 1 nitrogen and oxygen atoms in total. The summed E-state index contributed by atoms with van der Waals surface area (Å²) in [6, 6.07) is 0. The molecule has 0 aliphatic rings. The molecule has 0 fully saturated rings. The second-order valence-electron chi connectivity index (χ2n) is 3.48. The van der Waals surface area contributed by atoms with E-state index in [1.807, 2.05) is 20.8 Å². The lowest BCUT2D eigenvalue weighted by Crippen LogP contribution is -2.12. The number of furan rings is 1. The second kappa shape index (κ2) is 2.52. The van der Waals surface area contributed by atoms with Gasteiger partial charge in [-0.2, -0.15) is 0 Å². The minimum Gasteiger partial charge on any atom is -0.449 e. The van der Waals surface area contributed by atoms with Gasteiger partial charge in [0.05, 0.1) is 5.56 Å². The van der Waals surface area contributed by atoms with E-state index in [2.05, 4.69) is 0 Å². The van der Waals surface area contributed by atoms with Gasteiger partial charge in [-0.1, -0.05) is 20.8 Å². The Kier molecular flexibility index (Phi) is 1.97. The van der Waals surface area contributed by atoms with Gasteiger partial charge in [-0.05, 0) is 17.0 Å². The van der Waals surface area contributed by atoms with E-state index >= 15 is 0 Å². The molecule has 1 aromatic rings. The molecule has 62 valence electrons. The van der Waals surface area contributed by atoms with Crippen molar-refractivity contribution in [2.75, 3.05) is 0 Å². The Morgan fingerprint density at radius 2 is 2.00 bits per heavy atom. The normalized spacial score (nSPS) is 12.1. The highest BCUT2D eigenvalue weighted by molar-refractivity contribution is 6.29. The average Bonchev–Trinajstić information content (AvgIpc) is 2.08. The van der Waals surface area contributed by atoms with Crippen LogP contribution in [0, 0.1) is 5.82 Å². The van der Waals surface area contributed by atoms with Gasteiger partial charge in [0.15, 0.2) is 11.0 Å². The predicted octanol–water partition coefficient (Wildman–Crippen LogP) is 3.37. The van der Waals surface area contributed by atoms with Gasteiger partial charge in [0.1, 0.15) is 6.26 Å². The smallest absolute Gasteiger partial charge is 0.199 e. The van der Waals surface area contributed by atoms with Crippen LogP contribution in [0.1, 0.15) is 26.3 Å². The lowest BCUT2D eigenvalue weighted by molar-refractivity contribution is 0.527. The van der Waals surface area contributed by atoms with Crippen LogP contribution in [-0.2, 0) is 5.41 Å². The van der Waals surface area contributed by atoms with E-state index in [1.54, 1.807) is 0 Å². The number of halogens is 2. The van der Waals surface area contributed by atoms with Gasteiger partial charge in [-0.25, -0.2) is 4.39 Å². The van der Waals surface area contributed by atoms with E-state index in [1.165, 1.54) is 0 Å². The molecule has 0 unspecified atom stereocenters. The molecular formula is C8H10ClFO. The summed E-state index contributed by atoms with van der Waals surface area (Å²) < 4.78 is 17.6. The molecular weight excluding hydrogens is 167 g/mol. The van der Waals surface area contributed by atoms with Gasteiger partial charge in [0, 0.05) is 0 Å². The Morgan fingerprint density at radius 3 is 2.18 bits per heavy atom. The maximum Gasteiger partial charge on any atom is 0.199 e. The zero-order valence-electron chi connectivity index (χ0n) is 6.74. The van der Waals surface area contributed by atoms with Crippen LogP contribution in [0.2, 0.25) is 5.22 Å². The summed E-state index contributed by atoms with van der Waals surface area (Å²) in [5.41, 5.74) is 0.146. The molecule has 0 saturated carbocycles. The Balaban J connectivity index is 3.21. The van der Waals surface area contributed by atoms with Crippen LogP contribution in [0.5, 0.6) is 0 Å². The number of hydrogen-bond acceptors (Lipinski definition) is 1. The average molecular weight is 177 g/mol. The molecule has 0 saturated heterocycles. The Labute approximate surface area is 70.2 Å². The van der Waals surface area contributed by atoms with Crippen molar-refractivity contribution in [3.8, 4) is 0 Å². The fourth-order valence-corrected chi connectivity index (χ4v) is 1.39. The SMILES string of the molecule is CC(C)(C)c1c(F)coc1Cl. The van der Waals surface area contributed by atoms with E-state index in [0.717, 1.165) is 6.26 Å². The highest BCUT2D eigenvalue weighted by Crippen LogP contribution is 2.32. The van der Waals surface area contributed by atoms with Crippen molar-refractivity contribution >= 4 is 11.6 Å². The van der Waals surface area contributed by atoms with E-state index in [0.29, 0.717) is 5.56 Å². The van der Waals surface area contributed by atoms with E-state index in [-0.39, 0.29) is 16.5 Å². The lowest BCUT2D eigenvalue weighted by atomic mass is 9.89. The molecule has 0 spiro atoms. The van der Waals surface area contributed by atoms with Crippen LogP contribution in [0.3, 0.4) is 0 Å². The van der Waals surface area contributed by atoms with E-state index in [4.69, 9.17) is 16.0 Å². The number of hydrogen-bond donors (Lipinski definition) is 0. The van der Waals surface area contributed by atoms with Crippen LogP contribution in [-0.4, -0.2) is 0 Å². The summed E-state index contributed by atoms with van der Waals surface area (Å²) in [5, 5.41) is 0.148. The van der Waals surface area contributed by atoms with Gasteiger partial charge in [0.2, 0.25) is 0 Å². The molecule has 0 aliphatic heterocycles. The molecule has 0 amide bonds. The summed E-state index contributed by atoms with van der Waals surface area (Å²) in [5.74, 6) is -0.373. The largest absolute Gasteiger partial charge is 0.449 e. The molecule has 0 aromatic carbocycles. The van der Waals surface area contributed by atoms with Gasteiger partial charge < -0.3 is 4.42 Å². The molecule has 0 radical (unpaired) electrons. The maximum absolute atomic E-state index is 12.9. The predicted molar refractivity (Wildman–Crippen MR) is 42.4 cm³/mol. The molecule has 0 atom stereocenters. The summed E-state index contributed by atoms with van der Waals surface area (Å²) in [7, 11) is 0. The third-order valence-corrected chi connectivity index (χ3v) is 1.73. The van der Waals surface area contributed by atoms with Crippen molar-refractivity contribution in [2.24, 2.45) is 0 Å². The zero-order chi connectivity index (χ0) is 8.65. The molecule has 1 aromatic heterocycles. The third-order valence-electron chi connectivity index (χ3n) is 1.45. The van der Waals surface area contributed by atoms with Crippen molar-refractivity contribution in [3.05, 3.63) is 22.9 Å². The van der Waals surface area contributed by atoms with Gasteiger partial charge >= 0.3 is 0 Å². The standard InChI is InChI=1S/C8H10ClFO/c1-8(2,3)6-5(10)4-11-7(6)9/h4H,1-3H3. The van der Waals surface area contributed by atoms with Crippen molar-refractivity contribution in [2.45, 2.75) is 26.2 Å². The molecule has 0 aliphatic carbocycles. The van der Waals surface area contributed by atoms with Gasteiger partial charge in [0.25, 0.3) is 0 Å². The minimum absolute atomic E-state index is 0.148. The van der Waals surface area contributed by atoms with Crippen LogP contribution < -0.4 is 0 Å². The van der Waals surface area contributed by atoms with Crippen LogP contribution in [0.4, 0.5) is 4.39 Å². The first-order valence-corrected chi connectivity index (χ1v) is 3.73. The van der Waals surface area contributed by atoms with Crippen LogP contribution >= 0.6 is 11.6 Å². The van der Waals surface area contributed by atoms with Gasteiger partial charge in [-0.3, -0.25) is 0 Å². The van der Waals surface area contributed by atoms with Crippen molar-refractivity contribution in [1.82, 2.24) is 0 Å². The molecule has 1 rings (SSSR count). The van der Waals surface area contributed by atoms with Gasteiger partial charge in [-0.15, -0.1) is 0 Å².